The molecule has 1 aromatic rings. The van der Waals surface area contributed by atoms with E-state index in [2.05, 4.69) is 57.7 Å². The normalized spacial score (nSPS) is 21.3. The Kier molecular flexibility index (Phi) is 10.2. The summed E-state index contributed by atoms with van der Waals surface area (Å²) in [5, 5.41) is 10.7. The van der Waals surface area contributed by atoms with Gasteiger partial charge in [-0.05, 0) is 110 Å². The van der Waals surface area contributed by atoms with Gasteiger partial charge in [0.2, 0.25) is 0 Å². The number of rotatable bonds is 9. The monoisotopic (exact) mass is 661 g/mol. The quantitative estimate of drug-likeness (QED) is 0.211. The highest BCUT2D eigenvalue weighted by Gasteiger charge is 2.43. The van der Waals surface area contributed by atoms with Gasteiger partial charge in [-0.2, -0.15) is 13.7 Å². The number of anilines is 1. The molecule has 9 heteroatoms. The first-order chi connectivity index (χ1) is 21.7. The van der Waals surface area contributed by atoms with E-state index in [1.54, 1.807) is 0 Å². The van der Waals surface area contributed by atoms with Crippen molar-refractivity contribution in [3.05, 3.63) is 69.3 Å². The van der Waals surface area contributed by atoms with Crippen LogP contribution in [0.1, 0.15) is 111 Å². The molecule has 1 N–H and O–H groups in total. The highest BCUT2D eigenvalue weighted by Crippen LogP contribution is 2.53. The van der Waals surface area contributed by atoms with Gasteiger partial charge in [0.05, 0.1) is 17.9 Å². The molecule has 0 radical (unpaired) electrons. The molecule has 1 atom stereocenters. The Morgan fingerprint density at radius 1 is 1.19 bits per heavy atom. The molecule has 1 aliphatic heterocycles. The van der Waals surface area contributed by atoms with Crippen LogP contribution in [0.4, 0.5) is 5.69 Å². The van der Waals surface area contributed by atoms with Gasteiger partial charge in [-0.25, -0.2) is 0 Å². The predicted octanol–water partition coefficient (Wildman–Crippen LogP) is 7.88. The first-order valence-electron chi connectivity index (χ1n) is 16.7. The van der Waals surface area contributed by atoms with E-state index < -0.39 is 21.3 Å². The molecular formula is C38H51N3O5S. The van der Waals surface area contributed by atoms with Crippen molar-refractivity contribution >= 4 is 33.1 Å². The second-order valence-corrected chi connectivity index (χ2v) is 16.6. The molecule has 0 saturated heterocycles. The number of carbonyl (C=O) groups excluding carboxylic acids is 1. The number of hydrogen-bond acceptors (Lipinski definition) is 7. The number of hydrogen-bond donors (Lipinski definition) is 1. The summed E-state index contributed by atoms with van der Waals surface area (Å²) < 4.78 is 39.5. The molecule has 1 unspecified atom stereocenters. The Balaban J connectivity index is 1.96. The van der Waals surface area contributed by atoms with Crippen molar-refractivity contribution in [3.8, 4) is 6.07 Å². The molecule has 0 fully saturated rings. The van der Waals surface area contributed by atoms with Gasteiger partial charge in [-0.15, -0.1) is 0 Å². The van der Waals surface area contributed by atoms with Crippen LogP contribution in [0.3, 0.4) is 0 Å². The van der Waals surface area contributed by atoms with Gasteiger partial charge >= 0.3 is 5.97 Å². The summed E-state index contributed by atoms with van der Waals surface area (Å²) in [4.78, 5) is 19.4. The Labute approximate surface area is 281 Å². The summed E-state index contributed by atoms with van der Waals surface area (Å²) in [5.74, 6) is -0.491. The van der Waals surface area contributed by atoms with Gasteiger partial charge < -0.3 is 9.64 Å². The van der Waals surface area contributed by atoms with Crippen LogP contribution in [-0.2, 0) is 25.1 Å². The van der Waals surface area contributed by atoms with Crippen molar-refractivity contribution in [1.29, 1.82) is 5.26 Å². The summed E-state index contributed by atoms with van der Waals surface area (Å²) in [6, 6.07) is 6.94. The molecule has 3 aliphatic rings. The van der Waals surface area contributed by atoms with Crippen LogP contribution in [0.5, 0.6) is 0 Å². The SMILES string of the molecule is CCN=C1C=C2C(=C(C#N)c3cc4c(cc3C2(C)C)N(CCCC(=O)OCC)C(C)(C)CC4C)C=C1/C(=C\C(C)(C)C)CS(=O)(=O)O. The van der Waals surface area contributed by atoms with Crippen molar-refractivity contribution in [2.75, 3.05) is 30.3 Å². The van der Waals surface area contributed by atoms with E-state index in [-0.39, 0.29) is 22.8 Å². The van der Waals surface area contributed by atoms with Crippen LogP contribution in [-0.4, -0.2) is 55.6 Å². The van der Waals surface area contributed by atoms with Gasteiger partial charge in [-0.3, -0.25) is 14.3 Å². The number of benzene rings is 1. The van der Waals surface area contributed by atoms with Crippen molar-refractivity contribution in [2.45, 2.75) is 105 Å². The van der Waals surface area contributed by atoms with Crippen LogP contribution in [0.15, 0.2) is 57.6 Å². The number of ether oxygens (including phenoxy) is 1. The van der Waals surface area contributed by atoms with Crippen molar-refractivity contribution in [1.82, 2.24) is 0 Å². The maximum atomic E-state index is 12.2. The topological polar surface area (TPSA) is 120 Å². The van der Waals surface area contributed by atoms with E-state index >= 15 is 0 Å². The number of carbonyl (C=O) groups is 1. The lowest BCUT2D eigenvalue weighted by Crippen LogP contribution is -2.49. The van der Waals surface area contributed by atoms with E-state index in [9.17, 15) is 23.0 Å². The minimum atomic E-state index is -4.35. The maximum absolute atomic E-state index is 12.2. The molecule has 0 spiro atoms. The second kappa shape index (κ2) is 13.2. The number of nitriles is 1. The van der Waals surface area contributed by atoms with E-state index in [0.29, 0.717) is 55.0 Å². The standard InChI is InChI=1S/C38H51N3O5S/c1-11-40-33-18-31-29(17-27(33)25(21-36(4,5)6)23-47(43,44)45)30(22-39)28-16-26-24(3)20-37(7,8)41(15-13-14-35(42)46-12-2)34(26)19-32(28)38(31,9)10/h16-19,21,24H,11-15,20,23H2,1-10H3,(H,43,44,45)/b25-21-,40-33?. The molecule has 47 heavy (non-hydrogen) atoms. The maximum Gasteiger partial charge on any atom is 0.305 e. The summed E-state index contributed by atoms with van der Waals surface area (Å²) in [7, 11) is -4.35. The van der Waals surface area contributed by atoms with Gasteiger partial charge in [0.25, 0.3) is 10.1 Å². The Bertz CT molecular complexity index is 1760. The van der Waals surface area contributed by atoms with Crippen LogP contribution >= 0.6 is 0 Å². The predicted molar refractivity (Wildman–Crippen MR) is 190 cm³/mol. The first-order valence-corrected chi connectivity index (χ1v) is 18.3. The van der Waals surface area contributed by atoms with Gasteiger partial charge in [0, 0.05) is 41.7 Å². The zero-order valence-corrected chi connectivity index (χ0v) is 30.6. The van der Waals surface area contributed by atoms with E-state index in [4.69, 9.17) is 9.73 Å². The third kappa shape index (κ3) is 7.65. The Morgan fingerprint density at radius 3 is 2.45 bits per heavy atom. The number of esters is 1. The van der Waals surface area contributed by atoms with Crippen molar-refractivity contribution in [3.63, 3.8) is 0 Å². The lowest BCUT2D eigenvalue weighted by molar-refractivity contribution is -0.143. The van der Waals surface area contributed by atoms with E-state index in [1.807, 2.05) is 52.8 Å². The fourth-order valence-corrected chi connectivity index (χ4v) is 8.12. The zero-order valence-electron chi connectivity index (χ0n) is 29.7. The smallest absolute Gasteiger partial charge is 0.305 e. The third-order valence-electron chi connectivity index (χ3n) is 9.35. The fraction of sp³-hybridized carbons (Fsp3) is 0.553. The summed E-state index contributed by atoms with van der Waals surface area (Å²) in [6.45, 7) is 22.3. The van der Waals surface area contributed by atoms with Crippen LogP contribution < -0.4 is 4.90 Å². The van der Waals surface area contributed by atoms with Crippen molar-refractivity contribution in [2.24, 2.45) is 10.4 Å². The molecule has 0 bridgehead atoms. The van der Waals surface area contributed by atoms with E-state index in [1.165, 1.54) is 5.56 Å². The molecule has 1 aromatic carbocycles. The largest absolute Gasteiger partial charge is 0.466 e. The number of allylic oxidation sites excluding steroid dienone is 7. The first kappa shape index (κ1) is 36.4. The van der Waals surface area contributed by atoms with Gasteiger partial charge in [-0.1, -0.05) is 47.6 Å². The molecule has 0 saturated carbocycles. The Hall–Kier alpha value is -3.48. The number of aliphatic imine (C=N–C) groups is 1. The van der Waals surface area contributed by atoms with Crippen LogP contribution in [0.25, 0.3) is 5.57 Å². The molecule has 4 rings (SSSR count). The third-order valence-corrected chi connectivity index (χ3v) is 10.0. The summed E-state index contributed by atoms with van der Waals surface area (Å²) in [5.41, 5.74) is 7.10. The van der Waals surface area contributed by atoms with Gasteiger partial charge in [0.15, 0.2) is 0 Å². The fourth-order valence-electron chi connectivity index (χ4n) is 7.49. The second-order valence-electron chi connectivity index (χ2n) is 15.2. The lowest BCUT2D eigenvalue weighted by Gasteiger charge is -2.49. The molecule has 8 nitrogen and oxygen atoms in total. The number of fused-ring (bicyclic) bond motifs is 3. The highest BCUT2D eigenvalue weighted by atomic mass is 32.2. The van der Waals surface area contributed by atoms with E-state index in [0.717, 1.165) is 34.4 Å². The molecular weight excluding hydrogens is 611 g/mol. The molecule has 254 valence electrons. The molecule has 0 amide bonds. The summed E-state index contributed by atoms with van der Waals surface area (Å²) in [6.07, 6.45) is 7.72. The average Bonchev–Trinajstić information content (AvgIpc) is 2.93. The highest BCUT2D eigenvalue weighted by molar-refractivity contribution is 7.86. The van der Waals surface area contributed by atoms with Gasteiger partial charge in [0.1, 0.15) is 11.8 Å². The van der Waals surface area contributed by atoms with Crippen LogP contribution in [0, 0.1) is 16.7 Å². The Morgan fingerprint density at radius 2 is 1.87 bits per heavy atom. The lowest BCUT2D eigenvalue weighted by atomic mass is 9.63. The molecule has 0 aromatic heterocycles. The zero-order chi connectivity index (χ0) is 35.1. The molecule has 1 heterocycles. The van der Waals surface area contributed by atoms with Crippen LogP contribution in [0.2, 0.25) is 0 Å². The summed E-state index contributed by atoms with van der Waals surface area (Å²) >= 11 is 0. The number of nitrogens with zero attached hydrogens (tertiary/aromatic N) is 3. The minimum absolute atomic E-state index is 0.140. The average molecular weight is 662 g/mol. The minimum Gasteiger partial charge on any atom is -0.466 e. The van der Waals surface area contributed by atoms with Crippen molar-refractivity contribution < 1.29 is 22.5 Å². The molecule has 2 aliphatic carbocycles.